The first-order chi connectivity index (χ1) is 11.8. The number of fused-ring (bicyclic) bond motifs is 1. The lowest BCUT2D eigenvalue weighted by molar-refractivity contribution is -0.140. The maximum Gasteiger partial charge on any atom is 0.326 e. The molecule has 10 nitrogen and oxygen atoms in total. The number of methoxy groups -OCH3 is 1. The summed E-state index contributed by atoms with van der Waals surface area (Å²) in [5.74, 6) is -0.381. The molecule has 2 N–H and O–H groups in total. The third kappa shape index (κ3) is 6.02. The van der Waals surface area contributed by atoms with Gasteiger partial charge in [-0.05, 0) is 0 Å². The first-order valence-corrected chi connectivity index (χ1v) is 9.63. The van der Waals surface area contributed by atoms with Gasteiger partial charge in [-0.25, -0.2) is 15.0 Å². The average Bonchev–Trinajstić information content (AvgIpc) is 2.97. The van der Waals surface area contributed by atoms with Gasteiger partial charge in [-0.15, -0.1) is 0 Å². The fourth-order valence-electron chi connectivity index (χ4n) is 2.22. The largest absolute Gasteiger partial charge is 0.469 e. The number of rotatable bonds is 9. The van der Waals surface area contributed by atoms with Gasteiger partial charge >= 0.3 is 13.6 Å². The summed E-state index contributed by atoms with van der Waals surface area (Å²) in [6.45, 7) is 1.40. The lowest BCUT2D eigenvalue weighted by atomic mass is 10.3. The third-order valence-corrected chi connectivity index (χ3v) is 4.64. The number of ether oxygens (including phenoxy) is 1. The molecule has 0 fully saturated rings. The quantitative estimate of drug-likeness (QED) is 0.357. The molecule has 0 aliphatic rings. The Bertz CT molecular complexity index is 779. The minimum Gasteiger partial charge on any atom is -0.469 e. The van der Waals surface area contributed by atoms with E-state index in [2.05, 4.69) is 19.7 Å². The van der Waals surface area contributed by atoms with Gasteiger partial charge in [0, 0.05) is 26.2 Å². The highest BCUT2D eigenvalue weighted by Gasteiger charge is 2.17. The molecule has 0 saturated heterocycles. The van der Waals surface area contributed by atoms with E-state index in [0.717, 1.165) is 0 Å². The molecule has 0 atom stereocenters. The highest BCUT2D eigenvalue weighted by atomic mass is 35.5. The lowest BCUT2D eigenvalue weighted by Gasteiger charge is -2.22. The van der Waals surface area contributed by atoms with Crippen molar-refractivity contribution in [2.24, 2.45) is 0 Å². The van der Waals surface area contributed by atoms with Crippen LogP contribution in [0.15, 0.2) is 12.7 Å². The molecule has 0 aromatic carbocycles. The van der Waals surface area contributed by atoms with Crippen molar-refractivity contribution < 1.29 is 23.9 Å². The zero-order chi connectivity index (χ0) is 18.4. The summed E-state index contributed by atoms with van der Waals surface area (Å²) >= 11 is 5.96. The number of hydrogen-bond acceptors (Lipinski definition) is 7. The normalized spacial score (nSPS) is 12.0. The van der Waals surface area contributed by atoms with Crippen molar-refractivity contribution in [3.63, 3.8) is 0 Å². The smallest absolute Gasteiger partial charge is 0.326 e. The van der Waals surface area contributed by atoms with Crippen LogP contribution < -0.4 is 0 Å². The Balaban J connectivity index is 2.02. The number of aromatic nitrogens is 4. The van der Waals surface area contributed by atoms with Crippen molar-refractivity contribution in [1.29, 1.82) is 0 Å². The van der Waals surface area contributed by atoms with Gasteiger partial charge in [-0.1, -0.05) is 11.6 Å². The van der Waals surface area contributed by atoms with Crippen LogP contribution in [0.4, 0.5) is 0 Å². The van der Waals surface area contributed by atoms with Gasteiger partial charge < -0.3 is 24.0 Å². The van der Waals surface area contributed by atoms with E-state index in [0.29, 0.717) is 30.8 Å². The Morgan fingerprint density at radius 3 is 2.76 bits per heavy atom. The molecule has 0 aliphatic heterocycles. The molecule has 138 valence electrons. The van der Waals surface area contributed by atoms with Crippen LogP contribution in [0.5, 0.6) is 0 Å². The topological polar surface area (TPSA) is 131 Å². The number of hydrogen-bond donors (Lipinski definition) is 2. The summed E-state index contributed by atoms with van der Waals surface area (Å²) in [4.78, 5) is 43.4. The van der Waals surface area contributed by atoms with Gasteiger partial charge in [0.05, 0.1) is 26.0 Å². The van der Waals surface area contributed by atoms with E-state index in [-0.39, 0.29) is 30.2 Å². The minimum atomic E-state index is -4.12. The van der Waals surface area contributed by atoms with Gasteiger partial charge in [0.25, 0.3) is 0 Å². The fourth-order valence-corrected chi connectivity index (χ4v) is 2.94. The second-order valence-electron chi connectivity index (χ2n) is 5.33. The van der Waals surface area contributed by atoms with Gasteiger partial charge in [0.15, 0.2) is 10.8 Å². The van der Waals surface area contributed by atoms with Crippen molar-refractivity contribution in [3.05, 3.63) is 17.8 Å². The zero-order valence-corrected chi connectivity index (χ0v) is 15.2. The van der Waals surface area contributed by atoms with Crippen molar-refractivity contribution in [1.82, 2.24) is 24.4 Å². The van der Waals surface area contributed by atoms with E-state index in [1.54, 1.807) is 15.8 Å². The molecule has 0 amide bonds. The Hall–Kier alpha value is -1.58. The third-order valence-electron chi connectivity index (χ3n) is 3.58. The van der Waals surface area contributed by atoms with E-state index in [9.17, 15) is 9.36 Å². The molecule has 0 bridgehead atoms. The van der Waals surface area contributed by atoms with E-state index in [4.69, 9.17) is 21.4 Å². The molecule has 0 saturated carbocycles. The first-order valence-electron chi connectivity index (χ1n) is 7.45. The van der Waals surface area contributed by atoms with Crippen molar-refractivity contribution in [2.75, 3.05) is 32.9 Å². The molecule has 0 radical (unpaired) electrons. The van der Waals surface area contributed by atoms with Crippen molar-refractivity contribution in [3.8, 4) is 0 Å². The summed E-state index contributed by atoms with van der Waals surface area (Å²) < 4.78 is 17.5. The molecule has 12 heteroatoms. The molecule has 2 aromatic rings. The zero-order valence-electron chi connectivity index (χ0n) is 13.6. The summed E-state index contributed by atoms with van der Waals surface area (Å²) in [5, 5.41) is 0.257. The molecule has 2 rings (SSSR count). The van der Waals surface area contributed by atoms with Crippen LogP contribution in [0.1, 0.15) is 6.42 Å². The van der Waals surface area contributed by atoms with Crippen LogP contribution in [0.2, 0.25) is 5.15 Å². The van der Waals surface area contributed by atoms with Crippen LogP contribution in [-0.4, -0.2) is 73.1 Å². The molecule has 0 spiro atoms. The standard InChI is InChI=1S/C13H19ClN5O5P/c1-24-10(20)2-3-18(6-7-25(21,22)23)4-5-19-9-17-11-12(14)15-8-16-13(11)19/h8-9H,2-7H2,1H3,(H2,21,22,23). The predicted molar refractivity (Wildman–Crippen MR) is 90.3 cm³/mol. The van der Waals surface area contributed by atoms with Crippen LogP contribution in [0.25, 0.3) is 11.2 Å². The molecule has 2 heterocycles. The second-order valence-corrected chi connectivity index (χ2v) is 7.47. The van der Waals surface area contributed by atoms with Crippen molar-refractivity contribution in [2.45, 2.75) is 13.0 Å². The summed E-state index contributed by atoms with van der Waals surface area (Å²) in [7, 11) is -2.82. The van der Waals surface area contributed by atoms with Gasteiger partial charge in [0.1, 0.15) is 11.8 Å². The van der Waals surface area contributed by atoms with Gasteiger partial charge in [-0.3, -0.25) is 9.36 Å². The molecule has 0 aliphatic carbocycles. The monoisotopic (exact) mass is 391 g/mol. The number of carbonyl (C=O) groups is 1. The SMILES string of the molecule is COC(=O)CCN(CCn1cnc2c(Cl)ncnc21)CCP(=O)(O)O. The Kier molecular flexibility index (Phi) is 6.86. The fraction of sp³-hybridized carbons (Fsp3) is 0.538. The lowest BCUT2D eigenvalue weighted by Crippen LogP contribution is -2.32. The Labute approximate surface area is 149 Å². The number of halogens is 1. The Morgan fingerprint density at radius 2 is 2.08 bits per heavy atom. The molecule has 0 unspecified atom stereocenters. The maximum absolute atomic E-state index is 11.3. The summed E-state index contributed by atoms with van der Waals surface area (Å²) in [5.41, 5.74) is 1.06. The number of esters is 1. The average molecular weight is 392 g/mol. The van der Waals surface area contributed by atoms with E-state index < -0.39 is 7.60 Å². The summed E-state index contributed by atoms with van der Waals surface area (Å²) in [6.07, 6.45) is 2.77. The van der Waals surface area contributed by atoms with Crippen molar-refractivity contribution >= 4 is 36.3 Å². The second kappa shape index (κ2) is 8.68. The van der Waals surface area contributed by atoms with Crippen LogP contribution in [-0.2, 0) is 20.6 Å². The summed E-state index contributed by atoms with van der Waals surface area (Å²) in [6, 6.07) is 0. The van der Waals surface area contributed by atoms with E-state index >= 15 is 0 Å². The van der Waals surface area contributed by atoms with E-state index in [1.165, 1.54) is 13.4 Å². The number of nitrogens with zero attached hydrogens (tertiary/aromatic N) is 5. The molecular weight excluding hydrogens is 373 g/mol. The molecule has 25 heavy (non-hydrogen) atoms. The molecular formula is C13H19ClN5O5P. The first kappa shape index (κ1) is 19.7. The predicted octanol–water partition coefficient (Wildman–Crippen LogP) is 0.522. The minimum absolute atomic E-state index is 0.135. The number of imidazole rings is 1. The molecule has 2 aromatic heterocycles. The number of carbonyl (C=O) groups excluding carboxylic acids is 1. The van der Waals surface area contributed by atoms with Gasteiger partial charge in [0.2, 0.25) is 0 Å². The van der Waals surface area contributed by atoms with Crippen LogP contribution in [0.3, 0.4) is 0 Å². The maximum atomic E-state index is 11.3. The van der Waals surface area contributed by atoms with Crippen LogP contribution >= 0.6 is 19.2 Å². The Morgan fingerprint density at radius 1 is 1.32 bits per heavy atom. The van der Waals surface area contributed by atoms with Crippen LogP contribution in [0, 0.1) is 0 Å². The van der Waals surface area contributed by atoms with E-state index in [1.807, 2.05) is 0 Å². The highest BCUT2D eigenvalue weighted by molar-refractivity contribution is 7.51. The van der Waals surface area contributed by atoms with Gasteiger partial charge in [-0.2, -0.15) is 0 Å². The highest BCUT2D eigenvalue weighted by Crippen LogP contribution is 2.33.